The molecule has 2 N–H and O–H groups in total. The fraction of sp³-hybridized carbons (Fsp3) is 1.00. The molecule has 0 spiro atoms. The smallest absolute Gasteiger partial charge is 0.281 e. The molecule has 0 radical (unpaired) electrons. The first-order valence-corrected chi connectivity index (χ1v) is 6.45. The number of hydrogen-bond acceptors (Lipinski definition) is 4. The SMILES string of the molecule is CCN(C)S(=O)(=O)N1CCOC(CN)C1. The van der Waals surface area contributed by atoms with Crippen molar-refractivity contribution in [1.82, 2.24) is 8.61 Å². The molecule has 6 nitrogen and oxygen atoms in total. The number of nitrogens with two attached hydrogens (primary N) is 1. The first kappa shape index (κ1) is 12.9. The van der Waals surface area contributed by atoms with Crippen LogP contribution in [-0.4, -0.2) is 63.0 Å². The average Bonchev–Trinajstić information content (AvgIpc) is 2.27. The lowest BCUT2D eigenvalue weighted by atomic mass is 10.3. The molecule has 15 heavy (non-hydrogen) atoms. The summed E-state index contributed by atoms with van der Waals surface area (Å²) < 4.78 is 31.9. The monoisotopic (exact) mass is 237 g/mol. The highest BCUT2D eigenvalue weighted by Crippen LogP contribution is 2.11. The van der Waals surface area contributed by atoms with Crippen LogP contribution in [0.25, 0.3) is 0 Å². The third-order valence-electron chi connectivity index (χ3n) is 2.53. The maximum absolute atomic E-state index is 11.9. The quantitative estimate of drug-likeness (QED) is 0.669. The minimum Gasteiger partial charge on any atom is -0.374 e. The van der Waals surface area contributed by atoms with Crippen LogP contribution in [-0.2, 0) is 14.9 Å². The summed E-state index contributed by atoms with van der Waals surface area (Å²) in [7, 11) is -1.75. The van der Waals surface area contributed by atoms with Crippen molar-refractivity contribution in [1.29, 1.82) is 0 Å². The highest BCUT2D eigenvalue weighted by Gasteiger charge is 2.31. The zero-order valence-electron chi connectivity index (χ0n) is 9.22. The second-order valence-electron chi connectivity index (χ2n) is 3.51. The van der Waals surface area contributed by atoms with E-state index in [2.05, 4.69) is 0 Å². The van der Waals surface area contributed by atoms with Crippen molar-refractivity contribution in [3.8, 4) is 0 Å². The van der Waals surface area contributed by atoms with E-state index in [1.807, 2.05) is 0 Å². The van der Waals surface area contributed by atoms with Crippen LogP contribution in [0.4, 0.5) is 0 Å². The number of morpholine rings is 1. The molecule has 0 saturated carbocycles. The topological polar surface area (TPSA) is 75.9 Å². The first-order valence-electron chi connectivity index (χ1n) is 5.05. The number of hydrogen-bond donors (Lipinski definition) is 1. The molecule has 1 unspecified atom stereocenters. The van der Waals surface area contributed by atoms with Gasteiger partial charge >= 0.3 is 0 Å². The summed E-state index contributed by atoms with van der Waals surface area (Å²) in [4.78, 5) is 0. The second-order valence-corrected chi connectivity index (χ2v) is 5.54. The fourth-order valence-corrected chi connectivity index (χ4v) is 2.79. The van der Waals surface area contributed by atoms with E-state index in [-0.39, 0.29) is 6.10 Å². The lowest BCUT2D eigenvalue weighted by molar-refractivity contribution is 0.00299. The predicted molar refractivity (Wildman–Crippen MR) is 57.6 cm³/mol. The van der Waals surface area contributed by atoms with E-state index in [4.69, 9.17) is 10.5 Å². The molecule has 0 aromatic rings. The third-order valence-corrected chi connectivity index (χ3v) is 4.56. The Morgan fingerprint density at radius 1 is 1.60 bits per heavy atom. The Balaban J connectivity index is 2.70. The van der Waals surface area contributed by atoms with Gasteiger partial charge in [-0.05, 0) is 0 Å². The minimum atomic E-state index is -3.32. The van der Waals surface area contributed by atoms with Crippen molar-refractivity contribution in [3.63, 3.8) is 0 Å². The van der Waals surface area contributed by atoms with E-state index in [1.54, 1.807) is 14.0 Å². The summed E-state index contributed by atoms with van der Waals surface area (Å²) in [6, 6.07) is 0. The molecule has 0 aliphatic carbocycles. The third kappa shape index (κ3) is 2.88. The maximum atomic E-state index is 11.9. The van der Waals surface area contributed by atoms with Gasteiger partial charge < -0.3 is 10.5 Å². The van der Waals surface area contributed by atoms with Gasteiger partial charge in [-0.1, -0.05) is 6.92 Å². The van der Waals surface area contributed by atoms with Gasteiger partial charge in [0, 0.05) is 33.2 Å². The van der Waals surface area contributed by atoms with Gasteiger partial charge in [-0.3, -0.25) is 0 Å². The largest absolute Gasteiger partial charge is 0.374 e. The van der Waals surface area contributed by atoms with Crippen LogP contribution in [0.1, 0.15) is 6.92 Å². The summed E-state index contributed by atoms with van der Waals surface area (Å²) in [5, 5.41) is 0. The Bertz CT molecular complexity index is 294. The average molecular weight is 237 g/mol. The van der Waals surface area contributed by atoms with Crippen LogP contribution < -0.4 is 5.73 Å². The number of nitrogens with zero attached hydrogens (tertiary/aromatic N) is 2. The van der Waals surface area contributed by atoms with Crippen molar-refractivity contribution in [2.24, 2.45) is 5.73 Å². The van der Waals surface area contributed by atoms with Gasteiger partial charge in [0.05, 0.1) is 12.7 Å². The summed E-state index contributed by atoms with van der Waals surface area (Å²) in [6.07, 6.45) is -0.182. The van der Waals surface area contributed by atoms with Gasteiger partial charge in [-0.25, -0.2) is 0 Å². The zero-order valence-corrected chi connectivity index (χ0v) is 10.0. The lowest BCUT2D eigenvalue weighted by Crippen LogP contribution is -2.51. The molecule has 1 aliphatic rings. The molecule has 1 saturated heterocycles. The Hall–Kier alpha value is -0.210. The van der Waals surface area contributed by atoms with E-state index in [1.165, 1.54) is 8.61 Å². The summed E-state index contributed by atoms with van der Waals surface area (Å²) in [5.41, 5.74) is 5.46. The van der Waals surface area contributed by atoms with Crippen LogP contribution >= 0.6 is 0 Å². The number of rotatable bonds is 4. The fourth-order valence-electron chi connectivity index (χ4n) is 1.40. The van der Waals surface area contributed by atoms with E-state index in [0.29, 0.717) is 32.8 Å². The van der Waals surface area contributed by atoms with Gasteiger partial charge in [0.15, 0.2) is 0 Å². The second kappa shape index (κ2) is 5.22. The molecule has 0 aromatic carbocycles. The Kier molecular flexibility index (Phi) is 4.47. The van der Waals surface area contributed by atoms with E-state index >= 15 is 0 Å². The van der Waals surface area contributed by atoms with Gasteiger partial charge in [0.25, 0.3) is 10.2 Å². The van der Waals surface area contributed by atoms with Crippen LogP contribution in [0.5, 0.6) is 0 Å². The van der Waals surface area contributed by atoms with Gasteiger partial charge in [-0.2, -0.15) is 17.0 Å². The van der Waals surface area contributed by atoms with Crippen LogP contribution in [0.3, 0.4) is 0 Å². The van der Waals surface area contributed by atoms with Crippen LogP contribution in [0, 0.1) is 0 Å². The van der Waals surface area contributed by atoms with E-state index in [0.717, 1.165) is 0 Å². The van der Waals surface area contributed by atoms with Gasteiger partial charge in [0.1, 0.15) is 0 Å². The Morgan fingerprint density at radius 3 is 2.80 bits per heavy atom. The van der Waals surface area contributed by atoms with Crippen molar-refractivity contribution >= 4 is 10.2 Å². The molecule has 0 bridgehead atoms. The van der Waals surface area contributed by atoms with Crippen molar-refractivity contribution in [2.75, 3.05) is 39.8 Å². The molecule has 90 valence electrons. The van der Waals surface area contributed by atoms with Crippen molar-refractivity contribution in [2.45, 2.75) is 13.0 Å². The molecule has 0 aromatic heterocycles. The van der Waals surface area contributed by atoms with Crippen molar-refractivity contribution in [3.05, 3.63) is 0 Å². The summed E-state index contributed by atoms with van der Waals surface area (Å²) in [6.45, 7) is 3.79. The molecule has 0 amide bonds. The normalized spacial score (nSPS) is 24.7. The molecule has 1 heterocycles. The summed E-state index contributed by atoms with van der Waals surface area (Å²) >= 11 is 0. The lowest BCUT2D eigenvalue weighted by Gasteiger charge is -2.33. The standard InChI is InChI=1S/C8H19N3O3S/c1-3-10(2)15(12,13)11-4-5-14-8(6-9)7-11/h8H,3-7,9H2,1-2H3. The first-order chi connectivity index (χ1) is 7.02. The minimum absolute atomic E-state index is 0.182. The number of ether oxygens (including phenoxy) is 1. The zero-order chi connectivity index (χ0) is 11.5. The van der Waals surface area contributed by atoms with E-state index in [9.17, 15) is 8.42 Å². The van der Waals surface area contributed by atoms with Gasteiger partial charge in [-0.15, -0.1) is 0 Å². The molecular weight excluding hydrogens is 218 g/mol. The highest BCUT2D eigenvalue weighted by molar-refractivity contribution is 7.86. The van der Waals surface area contributed by atoms with Crippen LogP contribution in [0.2, 0.25) is 0 Å². The Morgan fingerprint density at radius 2 is 2.27 bits per heavy atom. The molecule has 1 fully saturated rings. The highest BCUT2D eigenvalue weighted by atomic mass is 32.2. The Labute approximate surface area is 91.2 Å². The molecule has 1 aliphatic heterocycles. The van der Waals surface area contributed by atoms with E-state index < -0.39 is 10.2 Å². The van der Waals surface area contributed by atoms with Crippen LogP contribution in [0.15, 0.2) is 0 Å². The molecule has 7 heteroatoms. The van der Waals surface area contributed by atoms with Crippen molar-refractivity contribution < 1.29 is 13.2 Å². The molecular formula is C8H19N3O3S. The maximum Gasteiger partial charge on any atom is 0.281 e. The molecule has 1 rings (SSSR count). The van der Waals surface area contributed by atoms with Gasteiger partial charge in [0.2, 0.25) is 0 Å². The predicted octanol–water partition coefficient (Wildman–Crippen LogP) is -1.16. The molecule has 1 atom stereocenters. The summed E-state index contributed by atoms with van der Waals surface area (Å²) in [5.74, 6) is 0.